The van der Waals surface area contributed by atoms with E-state index >= 15 is 0 Å². The minimum Gasteiger partial charge on any atom is -0.241 e. The van der Waals surface area contributed by atoms with Crippen LogP contribution < -0.4 is 0 Å². The second-order valence-electron chi connectivity index (χ2n) is 8.16. The molecule has 0 spiro atoms. The summed E-state index contributed by atoms with van der Waals surface area (Å²) in [4.78, 5) is 9.52. The molecule has 0 bridgehead atoms. The lowest BCUT2D eigenvalue weighted by atomic mass is 9.77. The summed E-state index contributed by atoms with van der Waals surface area (Å²) < 4.78 is 0. The molecule has 0 aromatic carbocycles. The fourth-order valence-corrected chi connectivity index (χ4v) is 4.93. The number of nitrogens with zero attached hydrogens (tertiary/aromatic N) is 2. The van der Waals surface area contributed by atoms with E-state index in [1.165, 1.54) is 76.2 Å². The lowest BCUT2D eigenvalue weighted by Crippen LogP contribution is -2.16. The van der Waals surface area contributed by atoms with E-state index < -0.39 is 0 Å². The largest absolute Gasteiger partial charge is 0.241 e. The van der Waals surface area contributed by atoms with E-state index in [9.17, 15) is 0 Å². The van der Waals surface area contributed by atoms with Gasteiger partial charge in [-0.2, -0.15) is 0 Å². The lowest BCUT2D eigenvalue weighted by Gasteiger charge is -2.29. The quantitative estimate of drug-likeness (QED) is 0.547. The SMILES string of the molecule is CCCCC1CCC(c2cnc(C3CCC(/C=C/Cl)CC3)nc2)CC1. The maximum atomic E-state index is 5.71. The number of rotatable bonds is 6. The first kappa shape index (κ1) is 18.9. The molecule has 0 radical (unpaired) electrons. The van der Waals surface area contributed by atoms with Crippen molar-refractivity contribution >= 4 is 11.6 Å². The predicted octanol–water partition coefficient (Wildman–Crippen LogP) is 6.97. The first-order chi connectivity index (χ1) is 12.3. The molecule has 1 aromatic heterocycles. The molecule has 1 heterocycles. The molecule has 2 saturated carbocycles. The van der Waals surface area contributed by atoms with Gasteiger partial charge in [0, 0.05) is 23.8 Å². The van der Waals surface area contributed by atoms with Gasteiger partial charge in [-0.15, -0.1) is 0 Å². The Bertz CT molecular complexity index is 523. The van der Waals surface area contributed by atoms with E-state index in [0.717, 1.165) is 11.7 Å². The number of aromatic nitrogens is 2. The smallest absolute Gasteiger partial charge is 0.131 e. The summed E-state index contributed by atoms with van der Waals surface area (Å²) in [5.41, 5.74) is 3.05. The van der Waals surface area contributed by atoms with Crippen LogP contribution in [0.25, 0.3) is 0 Å². The predicted molar refractivity (Wildman–Crippen MR) is 106 cm³/mol. The van der Waals surface area contributed by atoms with Crippen molar-refractivity contribution in [3.8, 4) is 0 Å². The molecular weight excluding hydrogens is 328 g/mol. The summed E-state index contributed by atoms with van der Waals surface area (Å²) in [5, 5.41) is 0. The Labute approximate surface area is 158 Å². The molecule has 1 aromatic rings. The van der Waals surface area contributed by atoms with Gasteiger partial charge >= 0.3 is 0 Å². The number of unbranched alkanes of at least 4 members (excludes halogenated alkanes) is 1. The Balaban J connectivity index is 1.50. The van der Waals surface area contributed by atoms with Gasteiger partial charge in [0.25, 0.3) is 0 Å². The van der Waals surface area contributed by atoms with E-state index in [1.807, 2.05) is 0 Å². The molecule has 2 fully saturated rings. The Morgan fingerprint density at radius 1 is 0.960 bits per heavy atom. The van der Waals surface area contributed by atoms with Gasteiger partial charge in [-0.05, 0) is 74.7 Å². The molecule has 0 N–H and O–H groups in total. The van der Waals surface area contributed by atoms with Crippen LogP contribution >= 0.6 is 11.6 Å². The van der Waals surface area contributed by atoms with E-state index in [2.05, 4.69) is 25.4 Å². The van der Waals surface area contributed by atoms with Crippen LogP contribution in [0.3, 0.4) is 0 Å². The molecule has 2 nitrogen and oxygen atoms in total. The van der Waals surface area contributed by atoms with Crippen LogP contribution in [-0.2, 0) is 0 Å². The zero-order valence-corrected chi connectivity index (χ0v) is 16.4. The summed E-state index contributed by atoms with van der Waals surface area (Å²) in [5.74, 6) is 3.91. The topological polar surface area (TPSA) is 25.8 Å². The summed E-state index contributed by atoms with van der Waals surface area (Å²) >= 11 is 5.71. The summed E-state index contributed by atoms with van der Waals surface area (Å²) in [6, 6.07) is 0. The highest BCUT2D eigenvalue weighted by molar-refractivity contribution is 6.25. The third kappa shape index (κ3) is 5.29. The highest BCUT2D eigenvalue weighted by Crippen LogP contribution is 2.38. The van der Waals surface area contributed by atoms with Crippen LogP contribution in [0.5, 0.6) is 0 Å². The highest BCUT2D eigenvalue weighted by Gasteiger charge is 2.25. The Morgan fingerprint density at radius 3 is 2.20 bits per heavy atom. The number of halogens is 1. The molecule has 2 aliphatic rings. The van der Waals surface area contributed by atoms with Crippen molar-refractivity contribution in [2.24, 2.45) is 11.8 Å². The first-order valence-electron chi connectivity index (χ1n) is 10.4. The van der Waals surface area contributed by atoms with Gasteiger partial charge in [-0.1, -0.05) is 43.9 Å². The molecular formula is C22H33ClN2. The van der Waals surface area contributed by atoms with Gasteiger partial charge in [-0.25, -0.2) is 9.97 Å². The molecule has 138 valence electrons. The van der Waals surface area contributed by atoms with Crippen LogP contribution in [0.4, 0.5) is 0 Å². The number of hydrogen-bond acceptors (Lipinski definition) is 2. The zero-order chi connectivity index (χ0) is 17.5. The maximum Gasteiger partial charge on any atom is 0.131 e. The third-order valence-corrected chi connectivity index (χ3v) is 6.60. The zero-order valence-electron chi connectivity index (χ0n) is 15.7. The number of hydrogen-bond donors (Lipinski definition) is 0. The average Bonchev–Trinajstić information content (AvgIpc) is 2.68. The molecule has 0 unspecified atom stereocenters. The Kier molecular flexibility index (Phi) is 7.34. The van der Waals surface area contributed by atoms with Crippen LogP contribution in [0.2, 0.25) is 0 Å². The van der Waals surface area contributed by atoms with Crippen LogP contribution in [0.15, 0.2) is 24.0 Å². The second-order valence-corrected chi connectivity index (χ2v) is 8.42. The van der Waals surface area contributed by atoms with Crippen molar-refractivity contribution in [2.45, 2.75) is 89.4 Å². The number of allylic oxidation sites excluding steroid dienone is 1. The normalized spacial score (nSPS) is 30.6. The molecule has 2 aliphatic carbocycles. The summed E-state index contributed by atoms with van der Waals surface area (Å²) in [6.45, 7) is 2.30. The molecule has 25 heavy (non-hydrogen) atoms. The molecule has 0 saturated heterocycles. The Hall–Kier alpha value is -0.890. The second kappa shape index (κ2) is 9.71. The summed E-state index contributed by atoms with van der Waals surface area (Å²) in [7, 11) is 0. The fourth-order valence-electron chi connectivity index (χ4n) is 4.72. The van der Waals surface area contributed by atoms with Crippen molar-refractivity contribution in [3.05, 3.63) is 35.4 Å². The fraction of sp³-hybridized carbons (Fsp3) is 0.727. The molecule has 0 amide bonds. The van der Waals surface area contributed by atoms with Crippen LogP contribution in [0, 0.1) is 11.8 Å². The van der Waals surface area contributed by atoms with Gasteiger partial charge in [0.2, 0.25) is 0 Å². The monoisotopic (exact) mass is 360 g/mol. The van der Waals surface area contributed by atoms with Gasteiger partial charge in [0.15, 0.2) is 0 Å². The van der Waals surface area contributed by atoms with E-state index in [1.54, 1.807) is 5.54 Å². The van der Waals surface area contributed by atoms with Crippen LogP contribution in [0.1, 0.15) is 101 Å². The first-order valence-corrected chi connectivity index (χ1v) is 10.8. The van der Waals surface area contributed by atoms with E-state index in [4.69, 9.17) is 21.6 Å². The molecule has 0 aliphatic heterocycles. The standard InChI is InChI=1S/C22H33ClN2/c1-2-3-4-17-5-9-19(10-6-17)21-15-24-22(25-16-21)20-11-7-18(8-12-20)13-14-23/h13-20H,2-12H2,1H3/b14-13+. The molecule has 0 atom stereocenters. The van der Waals surface area contributed by atoms with Crippen molar-refractivity contribution in [2.75, 3.05) is 0 Å². The Morgan fingerprint density at radius 2 is 1.60 bits per heavy atom. The minimum absolute atomic E-state index is 0.541. The minimum atomic E-state index is 0.541. The van der Waals surface area contributed by atoms with Crippen molar-refractivity contribution in [3.63, 3.8) is 0 Å². The van der Waals surface area contributed by atoms with Gasteiger partial charge in [0.05, 0.1) is 0 Å². The van der Waals surface area contributed by atoms with E-state index in [0.29, 0.717) is 17.8 Å². The third-order valence-electron chi connectivity index (χ3n) is 6.46. The van der Waals surface area contributed by atoms with Gasteiger partial charge in [0.1, 0.15) is 5.82 Å². The van der Waals surface area contributed by atoms with Gasteiger partial charge in [-0.3, -0.25) is 0 Å². The maximum absolute atomic E-state index is 5.71. The molecule has 3 heteroatoms. The van der Waals surface area contributed by atoms with Gasteiger partial charge < -0.3 is 0 Å². The summed E-state index contributed by atoms with van der Waals surface area (Å²) in [6.07, 6.45) is 20.8. The highest BCUT2D eigenvalue weighted by atomic mass is 35.5. The van der Waals surface area contributed by atoms with Crippen molar-refractivity contribution in [1.82, 2.24) is 9.97 Å². The van der Waals surface area contributed by atoms with E-state index in [-0.39, 0.29) is 0 Å². The lowest BCUT2D eigenvalue weighted by molar-refractivity contribution is 0.303. The average molecular weight is 361 g/mol. The van der Waals surface area contributed by atoms with Crippen molar-refractivity contribution in [1.29, 1.82) is 0 Å². The van der Waals surface area contributed by atoms with Crippen LogP contribution in [-0.4, -0.2) is 9.97 Å². The molecule has 3 rings (SSSR count). The van der Waals surface area contributed by atoms with Crippen molar-refractivity contribution < 1.29 is 0 Å².